The minimum Gasteiger partial charge on any atom is -0.394 e. The van der Waals surface area contributed by atoms with E-state index in [0.29, 0.717) is 54.9 Å². The zero-order valence-corrected chi connectivity index (χ0v) is 65.5. The Morgan fingerprint density at radius 3 is 1.14 bits per heavy atom. The summed E-state index contributed by atoms with van der Waals surface area (Å²) in [6.45, 7) is 29.7. The van der Waals surface area contributed by atoms with Gasteiger partial charge < -0.3 is 52.3 Å². The predicted octanol–water partition coefficient (Wildman–Crippen LogP) is 14.3. The van der Waals surface area contributed by atoms with E-state index in [4.69, 9.17) is 15.0 Å². The van der Waals surface area contributed by atoms with Crippen LogP contribution in [0.15, 0.2) is 165 Å². The number of piperidine rings is 1. The van der Waals surface area contributed by atoms with Crippen molar-refractivity contribution in [3.63, 3.8) is 0 Å². The Balaban J connectivity index is 0.000000137. The van der Waals surface area contributed by atoms with Gasteiger partial charge in [0.25, 0.3) is 0 Å². The van der Waals surface area contributed by atoms with E-state index in [1.54, 1.807) is 67.6 Å². The lowest BCUT2D eigenvalue weighted by Gasteiger charge is -2.31. The third-order valence-corrected chi connectivity index (χ3v) is 20.7. The summed E-state index contributed by atoms with van der Waals surface area (Å²) in [5.74, 6) is 7.75. The number of aliphatic hydroxyl groups is 2. The van der Waals surface area contributed by atoms with E-state index in [0.717, 1.165) is 104 Å². The molecule has 0 radical (unpaired) electrons. The van der Waals surface area contributed by atoms with E-state index in [1.807, 2.05) is 111 Å². The van der Waals surface area contributed by atoms with Crippen LogP contribution < -0.4 is 42.1 Å². The van der Waals surface area contributed by atoms with Crippen molar-refractivity contribution < 1.29 is 10.2 Å². The average molecular weight is 1640 g/mol. The SMILES string of the molecule is CC(C)(CO)Nc1cc(NCc2cccnc2)n2ncc(Br)c2n1.CC1(C)[C@@H]2[C@@H](CO)N(c3cc(NCc4cccnc4)n4ncc(Br)c4n3)C[C@@H]21.C[C@@H](Nc1cc(NCc2cccnc2)n2ncc(Br)c2n1)C(C)(C)C.C[C@H](Nc1cc(NCc2cccnc2)n2ncc(Br)c2n1)C(C)(C)C. The van der Waals surface area contributed by atoms with Crippen LogP contribution in [0.3, 0.4) is 0 Å². The normalized spacial score (nSPS) is 16.0. The number of fused-ring (bicyclic) bond motifs is 5. The molecule has 1 saturated heterocycles. The van der Waals surface area contributed by atoms with Gasteiger partial charge in [0.15, 0.2) is 22.6 Å². The lowest BCUT2D eigenvalue weighted by Crippen LogP contribution is -2.39. The van der Waals surface area contributed by atoms with Gasteiger partial charge in [-0.3, -0.25) is 19.9 Å². The quantitative estimate of drug-likeness (QED) is 0.0323. The number of aromatic nitrogens is 16. The van der Waals surface area contributed by atoms with Gasteiger partial charge in [-0.25, -0.2) is 19.9 Å². The summed E-state index contributed by atoms with van der Waals surface area (Å²) in [4.78, 5) is 37.7. The lowest BCUT2D eigenvalue weighted by atomic mass is 9.88. The molecule has 1 aliphatic heterocycles. The van der Waals surface area contributed by atoms with Crippen LogP contribution >= 0.6 is 63.7 Å². The van der Waals surface area contributed by atoms with Crippen molar-refractivity contribution in [2.24, 2.45) is 28.1 Å². The van der Waals surface area contributed by atoms with Gasteiger partial charge in [-0.15, -0.1) is 0 Å². The lowest BCUT2D eigenvalue weighted by molar-refractivity contribution is 0.234. The summed E-state index contributed by atoms with van der Waals surface area (Å²) >= 11 is 14.1. The largest absolute Gasteiger partial charge is 0.394 e. The fraction of sp³-hybridized carbons (Fsp3) is 0.389. The molecule has 1 saturated carbocycles. The molecule has 102 heavy (non-hydrogen) atoms. The van der Waals surface area contributed by atoms with Crippen LogP contribution in [0.2, 0.25) is 0 Å². The van der Waals surface area contributed by atoms with Crippen molar-refractivity contribution in [3.8, 4) is 0 Å². The molecule has 0 amide bonds. The zero-order valence-electron chi connectivity index (χ0n) is 59.2. The van der Waals surface area contributed by atoms with Gasteiger partial charge in [0.1, 0.15) is 46.5 Å². The van der Waals surface area contributed by atoms with Gasteiger partial charge in [0, 0.05) is 119 Å². The molecule has 0 unspecified atom stereocenters. The van der Waals surface area contributed by atoms with Crippen LogP contribution in [-0.4, -0.2) is 132 Å². The van der Waals surface area contributed by atoms with Crippen molar-refractivity contribution >= 4 is 133 Å². The van der Waals surface area contributed by atoms with Gasteiger partial charge in [0.05, 0.1) is 67.5 Å². The monoisotopic (exact) mass is 1640 g/mol. The number of anilines is 8. The molecule has 5 atom stereocenters. The third kappa shape index (κ3) is 18.0. The van der Waals surface area contributed by atoms with Crippen molar-refractivity contribution in [2.75, 3.05) is 61.9 Å². The summed E-state index contributed by atoms with van der Waals surface area (Å²) in [5.41, 5.74) is 7.50. The predicted molar refractivity (Wildman–Crippen MR) is 418 cm³/mol. The maximum atomic E-state index is 10.1. The first-order valence-electron chi connectivity index (χ1n) is 33.7. The molecule has 12 aromatic heterocycles. The highest BCUT2D eigenvalue weighted by Crippen LogP contribution is 2.65. The molecule has 13 heterocycles. The molecule has 0 bridgehead atoms. The van der Waals surface area contributed by atoms with E-state index < -0.39 is 5.54 Å². The van der Waals surface area contributed by atoms with Crippen molar-refractivity contribution in [1.82, 2.24) is 78.3 Å². The maximum Gasteiger partial charge on any atom is 0.173 e. The minimum atomic E-state index is -0.474. The summed E-state index contributed by atoms with van der Waals surface area (Å²) < 4.78 is 10.5. The first-order chi connectivity index (χ1) is 48.7. The fourth-order valence-corrected chi connectivity index (χ4v) is 12.9. The first kappa shape index (κ1) is 74.5. The van der Waals surface area contributed by atoms with Crippen LogP contribution in [0, 0.1) is 28.1 Å². The molecule has 2 aliphatic rings. The second-order valence-corrected chi connectivity index (χ2v) is 32.3. The van der Waals surface area contributed by atoms with Gasteiger partial charge in [0.2, 0.25) is 0 Å². The third-order valence-electron chi connectivity index (χ3n) is 18.5. The number of hydrogen-bond acceptors (Lipinski definition) is 22. The van der Waals surface area contributed by atoms with Gasteiger partial charge >= 0.3 is 0 Å². The fourth-order valence-electron chi connectivity index (χ4n) is 11.6. The summed E-state index contributed by atoms with van der Waals surface area (Å²) in [6.07, 6.45) is 21.4. The van der Waals surface area contributed by atoms with E-state index in [9.17, 15) is 10.2 Å². The Bertz CT molecular complexity index is 4610. The number of pyridine rings is 4. The molecule has 26 nitrogen and oxygen atoms in total. The van der Waals surface area contributed by atoms with Crippen LogP contribution in [0.5, 0.6) is 0 Å². The maximum absolute atomic E-state index is 10.1. The molecule has 2 fully saturated rings. The topological polar surface area (TPSA) is 300 Å². The average Bonchev–Trinajstić information content (AvgIpc) is 1.53. The Labute approximate surface area is 627 Å². The van der Waals surface area contributed by atoms with E-state index in [2.05, 4.69) is 220 Å². The number of aliphatic hydroxyl groups excluding tert-OH is 2. The highest BCUT2D eigenvalue weighted by atomic mass is 79.9. The Kier molecular flexibility index (Phi) is 23.3. The van der Waals surface area contributed by atoms with Crippen molar-refractivity contribution in [1.29, 1.82) is 0 Å². The van der Waals surface area contributed by atoms with Gasteiger partial charge in [-0.1, -0.05) is 79.7 Å². The molecule has 1 aliphatic carbocycles. The van der Waals surface area contributed by atoms with Crippen molar-refractivity contribution in [2.45, 2.75) is 133 Å². The summed E-state index contributed by atoms with van der Waals surface area (Å²) in [6, 6.07) is 24.4. The number of rotatable bonds is 21. The number of hydrogen-bond donors (Lipinski definition) is 9. The highest BCUT2D eigenvalue weighted by Gasteiger charge is 2.66. The highest BCUT2D eigenvalue weighted by molar-refractivity contribution is 9.11. The molecule has 30 heteroatoms. The van der Waals surface area contributed by atoms with Gasteiger partial charge in [-0.05, 0) is 166 Å². The standard InChI is InChI=1S/C20H23BrN6O.2C18H23BrN6.C16H19BrN6O/c1-20(2)13-10-26(15(11-28)18(13)20)17-6-16(23-8-12-4-3-5-22-7-12)27-19(25-17)14(21)9-24-27;2*1-12(18(2,3)4)23-15-8-16(21-10-13-6-5-7-20-9-13)25-17(24-15)14(19)11-22-25;1-16(2,10-24)22-13-6-14(19-8-11-4-3-5-18-7-11)23-15(21-13)12(17)9-20-23/h3-7,9,13,15,18,23,28H,8,10-11H2,1-2H3;2*5-9,11-12,21H,10H2,1-4H3,(H,23,24);3-7,9,19,24H,8,10H2,1-2H3,(H,21,22)/t13-,15+,18-;2*12-;/m010./s1. The van der Waals surface area contributed by atoms with Crippen LogP contribution in [0.1, 0.15) is 105 Å². The van der Waals surface area contributed by atoms with E-state index in [1.165, 1.54) is 0 Å². The number of nitrogens with zero attached hydrogens (tertiary/aromatic N) is 17. The Morgan fingerprint density at radius 2 is 0.814 bits per heavy atom. The summed E-state index contributed by atoms with van der Waals surface area (Å²) in [5, 5.41) is 61.0. The molecule has 536 valence electrons. The van der Waals surface area contributed by atoms with Crippen molar-refractivity contribution in [3.05, 3.63) is 187 Å². The molecule has 12 aromatic rings. The van der Waals surface area contributed by atoms with Crippen LogP contribution in [0.4, 0.5) is 46.5 Å². The number of halogens is 4. The Morgan fingerprint density at radius 1 is 0.480 bits per heavy atom. The molecule has 14 rings (SSSR count). The van der Waals surface area contributed by atoms with Gasteiger partial charge in [-0.2, -0.15) is 38.5 Å². The molecular formula is C72H88Br4N24O2. The molecular weight excluding hydrogens is 1550 g/mol. The zero-order chi connectivity index (χ0) is 72.7. The number of nitrogens with one attached hydrogen (secondary N) is 7. The first-order valence-corrected chi connectivity index (χ1v) is 36.8. The second kappa shape index (κ2) is 31.9. The minimum absolute atomic E-state index is 0.00125. The van der Waals surface area contributed by atoms with E-state index >= 15 is 0 Å². The smallest absolute Gasteiger partial charge is 0.173 e. The molecule has 9 N–H and O–H groups in total. The molecule has 0 spiro atoms. The summed E-state index contributed by atoms with van der Waals surface area (Å²) in [7, 11) is 0. The second-order valence-electron chi connectivity index (χ2n) is 28.8. The van der Waals surface area contributed by atoms with E-state index in [-0.39, 0.29) is 42.2 Å². The molecule has 0 aromatic carbocycles. The Hall–Kier alpha value is -8.68. The van der Waals surface area contributed by atoms with Crippen LogP contribution in [0.25, 0.3) is 22.6 Å². The van der Waals surface area contributed by atoms with Crippen LogP contribution in [-0.2, 0) is 26.2 Å².